The molecule has 4 atom stereocenters. The van der Waals surface area contributed by atoms with Crippen LogP contribution in [0.15, 0.2) is 0 Å². The van der Waals surface area contributed by atoms with Crippen molar-refractivity contribution in [1.82, 2.24) is 10.2 Å². The third-order valence-corrected chi connectivity index (χ3v) is 4.23. The van der Waals surface area contributed by atoms with Gasteiger partial charge >= 0.3 is 0 Å². The highest BCUT2D eigenvalue weighted by Crippen LogP contribution is 2.27. The quantitative estimate of drug-likeness (QED) is 0.849. The van der Waals surface area contributed by atoms with Gasteiger partial charge in [0.15, 0.2) is 0 Å². The predicted octanol–water partition coefficient (Wildman–Crippen LogP) is 2.14. The molecule has 0 bridgehead atoms. The van der Waals surface area contributed by atoms with Crippen molar-refractivity contribution in [3.8, 4) is 0 Å². The third-order valence-electron chi connectivity index (χ3n) is 4.23. The Morgan fingerprint density at radius 2 is 2.21 bits per heavy atom. The molecule has 110 valence electrons. The van der Waals surface area contributed by atoms with E-state index in [1.165, 1.54) is 0 Å². The van der Waals surface area contributed by atoms with Gasteiger partial charge in [0.1, 0.15) is 0 Å². The van der Waals surface area contributed by atoms with Gasteiger partial charge < -0.3 is 9.64 Å². The number of hydrogen-bond acceptors (Lipinski definition) is 3. The van der Waals surface area contributed by atoms with Crippen molar-refractivity contribution >= 4 is 5.91 Å². The van der Waals surface area contributed by atoms with Crippen LogP contribution in [-0.4, -0.2) is 41.8 Å². The predicted molar refractivity (Wildman–Crippen MR) is 75.7 cm³/mol. The fourth-order valence-electron chi connectivity index (χ4n) is 3.33. The first-order chi connectivity index (χ1) is 9.02. The fraction of sp³-hybridized carbons (Fsp3) is 0.933. The van der Waals surface area contributed by atoms with E-state index in [0.29, 0.717) is 17.9 Å². The van der Waals surface area contributed by atoms with Crippen LogP contribution in [0.3, 0.4) is 0 Å². The molecule has 4 nitrogen and oxygen atoms in total. The molecule has 2 heterocycles. The third kappa shape index (κ3) is 3.29. The van der Waals surface area contributed by atoms with Crippen molar-refractivity contribution in [2.75, 3.05) is 6.61 Å². The molecule has 0 aromatic carbocycles. The highest BCUT2D eigenvalue weighted by molar-refractivity contribution is 5.84. The second kappa shape index (κ2) is 6.23. The normalized spacial score (nSPS) is 36.3. The number of carbonyl (C=O) groups is 1. The van der Waals surface area contributed by atoms with Crippen LogP contribution in [0.1, 0.15) is 53.4 Å². The van der Waals surface area contributed by atoms with Crippen LogP contribution >= 0.6 is 0 Å². The smallest absolute Gasteiger partial charge is 0.241 e. The maximum absolute atomic E-state index is 12.6. The Labute approximate surface area is 116 Å². The number of ether oxygens (including phenoxy) is 1. The molecular formula is C15H28N2O2. The fourth-order valence-corrected chi connectivity index (χ4v) is 3.33. The molecule has 2 fully saturated rings. The van der Waals surface area contributed by atoms with Crippen LogP contribution in [0, 0.1) is 5.92 Å². The molecule has 1 amide bonds. The average Bonchev–Trinajstić information content (AvgIpc) is 2.65. The molecule has 4 unspecified atom stereocenters. The molecule has 2 saturated heterocycles. The maximum atomic E-state index is 12.6. The Bertz CT molecular complexity index is 319. The first-order valence-corrected chi connectivity index (χ1v) is 7.72. The van der Waals surface area contributed by atoms with Crippen LogP contribution < -0.4 is 5.32 Å². The molecule has 0 spiro atoms. The van der Waals surface area contributed by atoms with Crippen molar-refractivity contribution < 1.29 is 9.53 Å². The summed E-state index contributed by atoms with van der Waals surface area (Å²) in [6.45, 7) is 9.39. The van der Waals surface area contributed by atoms with E-state index in [2.05, 4.69) is 37.9 Å². The molecule has 0 saturated carbocycles. The SMILES string of the molecule is CCC1NC(CC(C)C)C(=O)N1C1CCOC(C)C1. The maximum Gasteiger partial charge on any atom is 0.241 e. The monoisotopic (exact) mass is 268 g/mol. The van der Waals surface area contributed by atoms with Gasteiger partial charge in [-0.15, -0.1) is 0 Å². The number of amides is 1. The summed E-state index contributed by atoms with van der Waals surface area (Å²) in [6, 6.07) is 0.369. The summed E-state index contributed by atoms with van der Waals surface area (Å²) in [6.07, 6.45) is 4.34. The van der Waals surface area contributed by atoms with Crippen molar-refractivity contribution in [2.45, 2.75) is 77.7 Å². The van der Waals surface area contributed by atoms with Crippen molar-refractivity contribution in [2.24, 2.45) is 5.92 Å². The summed E-state index contributed by atoms with van der Waals surface area (Å²) in [5.74, 6) is 0.854. The lowest BCUT2D eigenvalue weighted by molar-refractivity contribution is -0.135. The molecule has 4 heteroatoms. The van der Waals surface area contributed by atoms with Crippen LogP contribution in [0.4, 0.5) is 0 Å². The molecule has 1 N–H and O–H groups in total. The minimum absolute atomic E-state index is 0.0168. The topological polar surface area (TPSA) is 41.6 Å². The van der Waals surface area contributed by atoms with E-state index in [1.807, 2.05) is 0 Å². The minimum atomic E-state index is 0.0168. The molecule has 0 radical (unpaired) electrons. The van der Waals surface area contributed by atoms with Gasteiger partial charge in [-0.3, -0.25) is 10.1 Å². The van der Waals surface area contributed by atoms with Gasteiger partial charge in [-0.1, -0.05) is 20.8 Å². The van der Waals surface area contributed by atoms with E-state index in [9.17, 15) is 4.79 Å². The molecule has 0 aromatic rings. The van der Waals surface area contributed by atoms with E-state index in [4.69, 9.17) is 4.74 Å². The van der Waals surface area contributed by atoms with Gasteiger partial charge in [0.05, 0.1) is 18.3 Å². The minimum Gasteiger partial charge on any atom is -0.378 e. The van der Waals surface area contributed by atoms with Gasteiger partial charge in [0.2, 0.25) is 5.91 Å². The lowest BCUT2D eigenvalue weighted by atomic mass is 10.0. The van der Waals surface area contributed by atoms with Gasteiger partial charge in [-0.05, 0) is 38.5 Å². The largest absolute Gasteiger partial charge is 0.378 e. The van der Waals surface area contributed by atoms with Crippen molar-refractivity contribution in [1.29, 1.82) is 0 Å². The number of hydrogen-bond donors (Lipinski definition) is 1. The summed E-state index contributed by atoms with van der Waals surface area (Å²) in [7, 11) is 0. The van der Waals surface area contributed by atoms with E-state index < -0.39 is 0 Å². The summed E-state index contributed by atoms with van der Waals surface area (Å²) >= 11 is 0. The lowest BCUT2D eigenvalue weighted by Gasteiger charge is -2.37. The van der Waals surface area contributed by atoms with E-state index in [1.54, 1.807) is 0 Å². The number of carbonyl (C=O) groups excluding carboxylic acids is 1. The summed E-state index contributed by atoms with van der Waals surface area (Å²) < 4.78 is 5.60. The Morgan fingerprint density at radius 3 is 2.79 bits per heavy atom. The molecule has 0 aliphatic carbocycles. The second-order valence-electron chi connectivity index (χ2n) is 6.38. The Morgan fingerprint density at radius 1 is 1.47 bits per heavy atom. The van der Waals surface area contributed by atoms with Gasteiger partial charge in [0.25, 0.3) is 0 Å². The Kier molecular flexibility index (Phi) is 4.85. The molecule has 19 heavy (non-hydrogen) atoms. The Balaban J connectivity index is 2.06. The number of nitrogens with zero attached hydrogens (tertiary/aromatic N) is 1. The van der Waals surface area contributed by atoms with Gasteiger partial charge in [0, 0.05) is 12.6 Å². The zero-order valence-electron chi connectivity index (χ0n) is 12.7. The van der Waals surface area contributed by atoms with Crippen molar-refractivity contribution in [3.05, 3.63) is 0 Å². The van der Waals surface area contributed by atoms with Crippen LogP contribution in [0.5, 0.6) is 0 Å². The van der Waals surface area contributed by atoms with Crippen LogP contribution in [0.25, 0.3) is 0 Å². The standard InChI is InChI=1S/C15H28N2O2/c1-5-14-16-13(8-10(2)3)15(18)17(14)12-6-7-19-11(4)9-12/h10-14,16H,5-9H2,1-4H3. The highest BCUT2D eigenvalue weighted by Gasteiger charge is 2.42. The first kappa shape index (κ1) is 14.8. The molecule has 2 rings (SSSR count). The zero-order chi connectivity index (χ0) is 14.0. The highest BCUT2D eigenvalue weighted by atomic mass is 16.5. The molecule has 0 aromatic heterocycles. The van der Waals surface area contributed by atoms with Gasteiger partial charge in [-0.25, -0.2) is 0 Å². The second-order valence-corrected chi connectivity index (χ2v) is 6.38. The average molecular weight is 268 g/mol. The van der Waals surface area contributed by atoms with E-state index in [0.717, 1.165) is 32.3 Å². The lowest BCUT2D eigenvalue weighted by Crippen LogP contribution is -2.48. The first-order valence-electron chi connectivity index (χ1n) is 7.72. The summed E-state index contributed by atoms with van der Waals surface area (Å²) in [5.41, 5.74) is 0. The van der Waals surface area contributed by atoms with Crippen LogP contribution in [0.2, 0.25) is 0 Å². The molecule has 2 aliphatic rings. The van der Waals surface area contributed by atoms with Crippen molar-refractivity contribution in [3.63, 3.8) is 0 Å². The molecule has 2 aliphatic heterocycles. The summed E-state index contributed by atoms with van der Waals surface area (Å²) in [5, 5.41) is 3.52. The number of nitrogens with one attached hydrogen (secondary N) is 1. The number of rotatable bonds is 4. The molecular weight excluding hydrogens is 240 g/mol. The van der Waals surface area contributed by atoms with E-state index in [-0.39, 0.29) is 18.3 Å². The zero-order valence-corrected chi connectivity index (χ0v) is 12.7. The van der Waals surface area contributed by atoms with Gasteiger partial charge in [-0.2, -0.15) is 0 Å². The summed E-state index contributed by atoms with van der Waals surface area (Å²) in [4.78, 5) is 14.8. The Hall–Kier alpha value is -0.610. The van der Waals surface area contributed by atoms with Crippen LogP contribution in [-0.2, 0) is 9.53 Å². The van der Waals surface area contributed by atoms with E-state index >= 15 is 0 Å².